The minimum absolute atomic E-state index is 0.199. The van der Waals surface area contributed by atoms with Gasteiger partial charge in [-0.05, 0) is 31.4 Å². The van der Waals surface area contributed by atoms with Crippen molar-refractivity contribution in [3.63, 3.8) is 0 Å². The third-order valence-electron chi connectivity index (χ3n) is 2.34. The zero-order valence-corrected chi connectivity index (χ0v) is 9.27. The molecule has 14 heavy (non-hydrogen) atoms. The normalized spacial score (nSPS) is 10.3. The molecule has 1 rings (SSSR count). The number of hydrogen-bond donors (Lipinski definition) is 1. The Bertz CT molecular complexity index is 388. The first kappa shape index (κ1) is 11.0. The zero-order valence-electron chi connectivity index (χ0n) is 8.52. The highest BCUT2D eigenvalue weighted by atomic mass is 35.5. The van der Waals surface area contributed by atoms with Crippen LogP contribution in [0.5, 0.6) is 0 Å². The van der Waals surface area contributed by atoms with Crippen molar-refractivity contribution in [1.29, 1.82) is 0 Å². The Labute approximate surface area is 88.3 Å². The average molecular weight is 213 g/mol. The van der Waals surface area contributed by atoms with Gasteiger partial charge in [-0.1, -0.05) is 18.5 Å². The first-order chi connectivity index (χ1) is 6.49. The maximum atomic E-state index is 11.1. The number of pyridine rings is 1. The van der Waals surface area contributed by atoms with Crippen LogP contribution in [0.25, 0.3) is 0 Å². The van der Waals surface area contributed by atoms with Crippen molar-refractivity contribution in [2.45, 2.75) is 27.2 Å². The summed E-state index contributed by atoms with van der Waals surface area (Å²) >= 11 is 5.85. The van der Waals surface area contributed by atoms with Crippen molar-refractivity contribution in [2.75, 3.05) is 0 Å². The van der Waals surface area contributed by atoms with Crippen LogP contribution in [0.15, 0.2) is 0 Å². The van der Waals surface area contributed by atoms with E-state index in [-0.39, 0.29) is 5.15 Å². The molecule has 2 N–H and O–H groups in total. The topological polar surface area (TPSA) is 56.0 Å². The van der Waals surface area contributed by atoms with Crippen LogP contribution in [0.2, 0.25) is 5.15 Å². The number of hydrogen-bond acceptors (Lipinski definition) is 2. The number of primary amides is 1. The minimum atomic E-state index is -0.519. The molecule has 0 bridgehead atoms. The second kappa shape index (κ2) is 3.96. The Morgan fingerprint density at radius 1 is 1.50 bits per heavy atom. The van der Waals surface area contributed by atoms with Gasteiger partial charge in [0.2, 0.25) is 0 Å². The van der Waals surface area contributed by atoms with Gasteiger partial charge in [0, 0.05) is 5.69 Å². The molecule has 0 aliphatic heterocycles. The zero-order chi connectivity index (χ0) is 10.9. The number of amides is 1. The van der Waals surface area contributed by atoms with Crippen LogP contribution in [0.4, 0.5) is 0 Å². The molecule has 76 valence electrons. The summed E-state index contributed by atoms with van der Waals surface area (Å²) in [6.45, 7) is 5.73. The lowest BCUT2D eigenvalue weighted by molar-refractivity contribution is 0.0999. The van der Waals surface area contributed by atoms with Crippen LogP contribution in [0.1, 0.15) is 34.1 Å². The fourth-order valence-corrected chi connectivity index (χ4v) is 2.02. The van der Waals surface area contributed by atoms with Crippen molar-refractivity contribution >= 4 is 17.5 Å². The van der Waals surface area contributed by atoms with Gasteiger partial charge in [-0.3, -0.25) is 4.79 Å². The molecule has 0 unspecified atom stereocenters. The summed E-state index contributed by atoms with van der Waals surface area (Å²) in [5.41, 5.74) is 8.32. The van der Waals surface area contributed by atoms with Gasteiger partial charge in [0.15, 0.2) is 0 Å². The maximum Gasteiger partial charge on any atom is 0.252 e. The van der Waals surface area contributed by atoms with E-state index in [2.05, 4.69) is 4.98 Å². The number of carbonyl (C=O) groups is 1. The van der Waals surface area contributed by atoms with Gasteiger partial charge in [-0.25, -0.2) is 4.98 Å². The smallest absolute Gasteiger partial charge is 0.252 e. The van der Waals surface area contributed by atoms with E-state index in [4.69, 9.17) is 17.3 Å². The number of halogens is 1. The van der Waals surface area contributed by atoms with E-state index < -0.39 is 5.91 Å². The predicted octanol–water partition coefficient (Wildman–Crippen LogP) is 2.01. The SMILES string of the molecule is CCc1c(C)nc(Cl)c(C(N)=O)c1C. The highest BCUT2D eigenvalue weighted by Gasteiger charge is 2.16. The highest BCUT2D eigenvalue weighted by Crippen LogP contribution is 2.23. The maximum absolute atomic E-state index is 11.1. The van der Waals surface area contributed by atoms with Crippen LogP contribution < -0.4 is 5.73 Å². The van der Waals surface area contributed by atoms with E-state index in [0.717, 1.165) is 23.2 Å². The Morgan fingerprint density at radius 2 is 2.07 bits per heavy atom. The monoisotopic (exact) mass is 212 g/mol. The number of aryl methyl sites for hydroxylation is 1. The lowest BCUT2D eigenvalue weighted by Crippen LogP contribution is -2.16. The molecule has 3 nitrogen and oxygen atoms in total. The van der Waals surface area contributed by atoms with Crippen molar-refractivity contribution in [3.05, 3.63) is 27.5 Å². The molecule has 0 aliphatic carbocycles. The summed E-state index contributed by atoms with van der Waals surface area (Å²) in [5, 5.41) is 0.199. The third-order valence-corrected chi connectivity index (χ3v) is 2.61. The molecular weight excluding hydrogens is 200 g/mol. The van der Waals surface area contributed by atoms with Gasteiger partial charge in [0.25, 0.3) is 5.91 Å². The van der Waals surface area contributed by atoms with Crippen molar-refractivity contribution in [3.8, 4) is 0 Å². The first-order valence-corrected chi connectivity index (χ1v) is 4.82. The van der Waals surface area contributed by atoms with Crippen molar-refractivity contribution in [1.82, 2.24) is 4.98 Å². The Hall–Kier alpha value is -1.09. The van der Waals surface area contributed by atoms with Gasteiger partial charge in [-0.2, -0.15) is 0 Å². The number of aromatic nitrogens is 1. The number of carbonyl (C=O) groups excluding carboxylic acids is 1. The van der Waals surface area contributed by atoms with E-state index in [1.54, 1.807) is 0 Å². The summed E-state index contributed by atoms with van der Waals surface area (Å²) in [7, 11) is 0. The molecular formula is C10H13ClN2O. The molecule has 0 fully saturated rings. The third kappa shape index (κ3) is 1.73. The van der Waals surface area contributed by atoms with Crippen LogP contribution in [-0.4, -0.2) is 10.9 Å². The van der Waals surface area contributed by atoms with Crippen LogP contribution in [0.3, 0.4) is 0 Å². The standard InChI is InChI=1S/C10H13ClN2O/c1-4-7-5(2)8(10(12)14)9(11)13-6(7)3/h4H2,1-3H3,(H2,12,14). The van der Waals surface area contributed by atoms with E-state index >= 15 is 0 Å². The molecule has 1 aromatic heterocycles. The van der Waals surface area contributed by atoms with E-state index in [9.17, 15) is 4.79 Å². The molecule has 1 amide bonds. The predicted molar refractivity (Wildman–Crippen MR) is 56.6 cm³/mol. The Morgan fingerprint density at radius 3 is 2.50 bits per heavy atom. The molecule has 4 heteroatoms. The van der Waals surface area contributed by atoms with E-state index in [1.807, 2.05) is 20.8 Å². The number of nitrogens with zero attached hydrogens (tertiary/aromatic N) is 1. The van der Waals surface area contributed by atoms with Crippen molar-refractivity contribution < 1.29 is 4.79 Å². The number of rotatable bonds is 2. The first-order valence-electron chi connectivity index (χ1n) is 4.44. The highest BCUT2D eigenvalue weighted by molar-refractivity contribution is 6.32. The van der Waals surface area contributed by atoms with Gasteiger partial charge >= 0.3 is 0 Å². The second-order valence-electron chi connectivity index (χ2n) is 3.18. The second-order valence-corrected chi connectivity index (χ2v) is 3.54. The van der Waals surface area contributed by atoms with Crippen LogP contribution in [0, 0.1) is 13.8 Å². The largest absolute Gasteiger partial charge is 0.365 e. The van der Waals surface area contributed by atoms with Gasteiger partial charge in [-0.15, -0.1) is 0 Å². The summed E-state index contributed by atoms with van der Waals surface area (Å²) < 4.78 is 0. The lowest BCUT2D eigenvalue weighted by atomic mass is 10.0. The summed E-state index contributed by atoms with van der Waals surface area (Å²) in [5.74, 6) is -0.519. The molecule has 1 heterocycles. The fraction of sp³-hybridized carbons (Fsp3) is 0.400. The molecule has 1 aromatic rings. The molecule has 0 saturated heterocycles. The van der Waals surface area contributed by atoms with Crippen LogP contribution >= 0.6 is 11.6 Å². The van der Waals surface area contributed by atoms with Crippen molar-refractivity contribution in [2.24, 2.45) is 5.73 Å². The Kier molecular flexibility index (Phi) is 3.11. The summed E-state index contributed by atoms with van der Waals surface area (Å²) in [6, 6.07) is 0. The minimum Gasteiger partial charge on any atom is -0.365 e. The number of nitrogens with two attached hydrogens (primary N) is 1. The van der Waals surface area contributed by atoms with E-state index in [1.165, 1.54) is 0 Å². The fourth-order valence-electron chi connectivity index (χ4n) is 1.66. The average Bonchev–Trinajstić information content (AvgIpc) is 2.02. The lowest BCUT2D eigenvalue weighted by Gasteiger charge is -2.11. The molecule has 0 spiro atoms. The molecule has 0 saturated carbocycles. The quantitative estimate of drug-likeness (QED) is 0.763. The van der Waals surface area contributed by atoms with Crippen LogP contribution in [-0.2, 0) is 6.42 Å². The Balaban J connectivity index is 3.52. The van der Waals surface area contributed by atoms with Gasteiger partial charge in [0.05, 0.1) is 5.56 Å². The van der Waals surface area contributed by atoms with E-state index in [0.29, 0.717) is 5.56 Å². The summed E-state index contributed by atoms with van der Waals surface area (Å²) in [6.07, 6.45) is 0.822. The molecule has 0 aromatic carbocycles. The van der Waals surface area contributed by atoms with Gasteiger partial charge in [0.1, 0.15) is 5.15 Å². The molecule has 0 atom stereocenters. The molecule has 0 radical (unpaired) electrons. The van der Waals surface area contributed by atoms with Gasteiger partial charge < -0.3 is 5.73 Å². The summed E-state index contributed by atoms with van der Waals surface area (Å²) in [4.78, 5) is 15.2. The molecule has 0 aliphatic rings.